The summed E-state index contributed by atoms with van der Waals surface area (Å²) in [5, 5.41) is 4.57. The van der Waals surface area contributed by atoms with Crippen LogP contribution in [0.25, 0.3) is 0 Å². The van der Waals surface area contributed by atoms with E-state index in [1.807, 2.05) is 5.32 Å². The number of carbonyl (C=O) groups excluding carboxylic acids is 3. The maximum Gasteiger partial charge on any atom is 0.347 e. The lowest BCUT2D eigenvalue weighted by atomic mass is 10.1. The summed E-state index contributed by atoms with van der Waals surface area (Å²) < 4.78 is 22.8. The molecule has 0 bridgehead atoms. The molecule has 1 aromatic rings. The molecule has 1 atom stereocenters. The van der Waals surface area contributed by atoms with E-state index < -0.39 is 42.0 Å². The first-order chi connectivity index (χ1) is 11.1. The Bertz CT molecular complexity index is 595. The largest absolute Gasteiger partial charge is 0.479 e. The van der Waals surface area contributed by atoms with Gasteiger partial charge in [0.1, 0.15) is 11.6 Å². The molecular formula is C16H21FN2O5. The third-order valence-electron chi connectivity index (χ3n) is 2.55. The zero-order chi connectivity index (χ0) is 18.3. The van der Waals surface area contributed by atoms with Crippen LogP contribution in [0.4, 0.5) is 9.18 Å². The van der Waals surface area contributed by atoms with E-state index in [0.29, 0.717) is 0 Å². The lowest BCUT2D eigenvalue weighted by Crippen LogP contribution is -2.49. The van der Waals surface area contributed by atoms with Gasteiger partial charge in [0.25, 0.3) is 5.91 Å². The number of esters is 1. The molecular weight excluding hydrogens is 319 g/mol. The van der Waals surface area contributed by atoms with E-state index in [-0.39, 0.29) is 5.75 Å². The van der Waals surface area contributed by atoms with Gasteiger partial charge in [0.2, 0.25) is 0 Å². The Balaban J connectivity index is 2.37. The smallest absolute Gasteiger partial charge is 0.347 e. The van der Waals surface area contributed by atoms with Crippen LogP contribution in [0, 0.1) is 5.82 Å². The number of hydrogen-bond acceptors (Lipinski definition) is 5. The Kier molecular flexibility index (Phi) is 6.69. The fraction of sp³-hybridized carbons (Fsp3) is 0.438. The van der Waals surface area contributed by atoms with Crippen molar-refractivity contribution >= 4 is 17.9 Å². The molecule has 0 aliphatic rings. The highest BCUT2D eigenvalue weighted by Gasteiger charge is 2.20. The molecule has 0 aliphatic carbocycles. The van der Waals surface area contributed by atoms with Gasteiger partial charge in [-0.3, -0.25) is 10.1 Å². The molecule has 0 saturated carbocycles. The molecule has 0 aliphatic heterocycles. The summed E-state index contributed by atoms with van der Waals surface area (Å²) in [7, 11) is 0. The molecule has 0 unspecified atom stereocenters. The van der Waals surface area contributed by atoms with Crippen LogP contribution in [0.5, 0.6) is 5.75 Å². The minimum atomic E-state index is -0.994. The second-order valence-corrected chi connectivity index (χ2v) is 6.07. The highest BCUT2D eigenvalue weighted by Crippen LogP contribution is 2.13. The summed E-state index contributed by atoms with van der Waals surface area (Å²) in [4.78, 5) is 34.7. The Hall–Kier alpha value is -2.64. The first-order valence-electron chi connectivity index (χ1n) is 7.27. The van der Waals surface area contributed by atoms with Gasteiger partial charge in [-0.05, 0) is 52.0 Å². The molecule has 2 N–H and O–H groups in total. The molecule has 1 aromatic carbocycles. The van der Waals surface area contributed by atoms with Crippen LogP contribution in [0.3, 0.4) is 0 Å². The van der Waals surface area contributed by atoms with Crippen molar-refractivity contribution in [2.45, 2.75) is 39.3 Å². The molecule has 1 rings (SSSR count). The van der Waals surface area contributed by atoms with Gasteiger partial charge >= 0.3 is 12.0 Å². The monoisotopic (exact) mass is 340 g/mol. The Morgan fingerprint density at radius 3 is 2.29 bits per heavy atom. The Morgan fingerprint density at radius 2 is 1.75 bits per heavy atom. The lowest BCUT2D eigenvalue weighted by molar-refractivity contribution is -0.154. The van der Waals surface area contributed by atoms with Crippen molar-refractivity contribution in [3.05, 3.63) is 30.1 Å². The summed E-state index contributed by atoms with van der Waals surface area (Å²) in [6, 6.07) is 4.42. The van der Waals surface area contributed by atoms with E-state index in [9.17, 15) is 18.8 Å². The van der Waals surface area contributed by atoms with Gasteiger partial charge in [-0.2, -0.15) is 0 Å². The molecule has 0 saturated heterocycles. The lowest BCUT2D eigenvalue weighted by Gasteiger charge is -2.20. The fourth-order valence-corrected chi connectivity index (χ4v) is 1.55. The second kappa shape index (κ2) is 8.28. The number of imide groups is 1. The van der Waals surface area contributed by atoms with Crippen LogP contribution in [0.1, 0.15) is 27.7 Å². The summed E-state index contributed by atoms with van der Waals surface area (Å²) in [5.74, 6) is -1.69. The normalized spacial score (nSPS) is 12.0. The Morgan fingerprint density at radius 1 is 1.17 bits per heavy atom. The predicted octanol–water partition coefficient (Wildman–Crippen LogP) is 1.76. The van der Waals surface area contributed by atoms with Gasteiger partial charge in [0.05, 0.1) is 0 Å². The molecule has 0 heterocycles. The number of ether oxygens (including phenoxy) is 2. The maximum absolute atomic E-state index is 12.8. The van der Waals surface area contributed by atoms with E-state index in [0.717, 1.165) is 0 Å². The first kappa shape index (κ1) is 19.4. The van der Waals surface area contributed by atoms with E-state index in [4.69, 9.17) is 9.47 Å². The standard InChI is InChI=1S/C16H21FN2O5/c1-10(24-12-7-5-11(17)6-8-12)14(21)23-9-13(20)18-15(22)19-16(2,3)4/h5-8,10H,9H2,1-4H3,(H2,18,19,20,22)/t10-/m1/s1. The molecule has 24 heavy (non-hydrogen) atoms. The Labute approximate surface area is 139 Å². The van der Waals surface area contributed by atoms with Crippen LogP contribution >= 0.6 is 0 Å². The zero-order valence-electron chi connectivity index (χ0n) is 14.0. The maximum atomic E-state index is 12.8. The average Bonchev–Trinajstić information content (AvgIpc) is 2.45. The fourth-order valence-electron chi connectivity index (χ4n) is 1.55. The highest BCUT2D eigenvalue weighted by molar-refractivity contribution is 5.95. The molecule has 132 valence electrons. The van der Waals surface area contributed by atoms with E-state index in [2.05, 4.69) is 5.32 Å². The predicted molar refractivity (Wildman–Crippen MR) is 83.9 cm³/mol. The van der Waals surface area contributed by atoms with Crippen molar-refractivity contribution in [3.63, 3.8) is 0 Å². The van der Waals surface area contributed by atoms with Gasteiger partial charge in [-0.25, -0.2) is 14.0 Å². The first-order valence-corrected chi connectivity index (χ1v) is 7.27. The number of urea groups is 1. The van der Waals surface area contributed by atoms with Gasteiger partial charge < -0.3 is 14.8 Å². The van der Waals surface area contributed by atoms with Crippen LogP contribution in [-0.4, -0.2) is 36.2 Å². The van der Waals surface area contributed by atoms with E-state index >= 15 is 0 Å². The number of amides is 3. The molecule has 0 spiro atoms. The molecule has 0 radical (unpaired) electrons. The molecule has 3 amide bonds. The quantitative estimate of drug-likeness (QED) is 0.797. The third-order valence-corrected chi connectivity index (χ3v) is 2.55. The average molecular weight is 340 g/mol. The number of carbonyl (C=O) groups is 3. The van der Waals surface area contributed by atoms with Crippen molar-refractivity contribution in [2.75, 3.05) is 6.61 Å². The topological polar surface area (TPSA) is 93.7 Å². The van der Waals surface area contributed by atoms with Gasteiger partial charge in [0, 0.05) is 5.54 Å². The zero-order valence-corrected chi connectivity index (χ0v) is 14.0. The van der Waals surface area contributed by atoms with Crippen molar-refractivity contribution in [3.8, 4) is 5.75 Å². The SMILES string of the molecule is C[C@@H](Oc1ccc(F)cc1)C(=O)OCC(=O)NC(=O)NC(C)(C)C. The number of halogens is 1. The van der Waals surface area contributed by atoms with Gasteiger partial charge in [0.15, 0.2) is 12.7 Å². The molecule has 7 nitrogen and oxygen atoms in total. The summed E-state index contributed by atoms with van der Waals surface area (Å²) in [5.41, 5.74) is -0.501. The summed E-state index contributed by atoms with van der Waals surface area (Å²) in [6.45, 7) is 6.08. The number of nitrogens with one attached hydrogen (secondary N) is 2. The number of rotatable bonds is 5. The van der Waals surface area contributed by atoms with Crippen LogP contribution in [0.15, 0.2) is 24.3 Å². The molecule has 8 heteroatoms. The number of hydrogen-bond donors (Lipinski definition) is 2. The van der Waals surface area contributed by atoms with E-state index in [1.165, 1.54) is 31.2 Å². The summed E-state index contributed by atoms with van der Waals surface area (Å²) >= 11 is 0. The van der Waals surface area contributed by atoms with Gasteiger partial charge in [-0.15, -0.1) is 0 Å². The third kappa shape index (κ3) is 7.57. The number of benzene rings is 1. The minimum Gasteiger partial charge on any atom is -0.479 e. The summed E-state index contributed by atoms with van der Waals surface area (Å²) in [6.07, 6.45) is -0.994. The van der Waals surface area contributed by atoms with Gasteiger partial charge in [-0.1, -0.05) is 0 Å². The van der Waals surface area contributed by atoms with Crippen LogP contribution in [-0.2, 0) is 14.3 Å². The van der Waals surface area contributed by atoms with Crippen molar-refractivity contribution < 1.29 is 28.2 Å². The second-order valence-electron chi connectivity index (χ2n) is 6.07. The van der Waals surface area contributed by atoms with Crippen LogP contribution in [0.2, 0.25) is 0 Å². The van der Waals surface area contributed by atoms with E-state index in [1.54, 1.807) is 20.8 Å². The van der Waals surface area contributed by atoms with Crippen LogP contribution < -0.4 is 15.4 Å². The van der Waals surface area contributed by atoms with Crippen molar-refractivity contribution in [2.24, 2.45) is 0 Å². The molecule has 0 fully saturated rings. The molecule has 0 aromatic heterocycles. The van der Waals surface area contributed by atoms with Crippen molar-refractivity contribution in [1.82, 2.24) is 10.6 Å². The minimum absolute atomic E-state index is 0.287. The van der Waals surface area contributed by atoms with Crippen molar-refractivity contribution in [1.29, 1.82) is 0 Å². The highest BCUT2D eigenvalue weighted by atomic mass is 19.1.